The van der Waals surface area contributed by atoms with Crippen molar-refractivity contribution >= 4 is 0 Å². The van der Waals surface area contributed by atoms with Crippen molar-refractivity contribution in [3.05, 3.63) is 25.3 Å². The van der Waals surface area contributed by atoms with Gasteiger partial charge in [0.15, 0.2) is 0 Å². The van der Waals surface area contributed by atoms with Gasteiger partial charge in [-0.15, -0.1) is 13.2 Å². The number of aliphatic hydroxyl groups excluding tert-OH is 1. The van der Waals surface area contributed by atoms with E-state index in [1.165, 1.54) is 6.92 Å². The van der Waals surface area contributed by atoms with E-state index in [1.54, 1.807) is 12.2 Å². The molecule has 0 bridgehead atoms. The van der Waals surface area contributed by atoms with Crippen LogP contribution in [0, 0.1) is 0 Å². The van der Waals surface area contributed by atoms with Gasteiger partial charge in [0.25, 0.3) is 0 Å². The Morgan fingerprint density at radius 1 is 1.20 bits per heavy atom. The molecule has 0 aromatic carbocycles. The van der Waals surface area contributed by atoms with Crippen LogP contribution in [0.2, 0.25) is 0 Å². The molecule has 0 rings (SSSR count). The minimum Gasteiger partial charge on any atom is -0.385 e. The van der Waals surface area contributed by atoms with E-state index in [4.69, 9.17) is 25.2 Å². The highest BCUT2D eigenvalue weighted by atomic mass is 16.7. The van der Waals surface area contributed by atoms with Gasteiger partial charge >= 0.3 is 5.97 Å². The molecule has 0 fully saturated rings. The Balaban J connectivity index is 0. The number of hydrogen-bond donors (Lipinski definition) is 4. The van der Waals surface area contributed by atoms with E-state index in [0.29, 0.717) is 13.2 Å². The van der Waals surface area contributed by atoms with Crippen LogP contribution < -0.4 is 0 Å². The standard InChI is InChI=1S/C6H10O.C4H10O4/c1-3-5-7-6-4-2;1-2-3(5)4(6,7)8/h3-4H,1-2,5-6H2;3,5-8H,2H2,1H3. The SMILES string of the molecule is C=CCOCC=C.CCC(O)C(O)(O)O. The van der Waals surface area contributed by atoms with Gasteiger partial charge in [0, 0.05) is 0 Å². The molecule has 0 aliphatic carbocycles. The summed E-state index contributed by atoms with van der Waals surface area (Å²) in [6, 6.07) is 0. The second-order valence-corrected chi connectivity index (χ2v) is 2.73. The third-order valence-corrected chi connectivity index (χ3v) is 1.31. The molecule has 4 N–H and O–H groups in total. The van der Waals surface area contributed by atoms with Crippen LogP contribution in [0.1, 0.15) is 13.3 Å². The quantitative estimate of drug-likeness (QED) is 0.282. The molecule has 0 aromatic heterocycles. The number of rotatable bonds is 6. The monoisotopic (exact) mass is 220 g/mol. The zero-order valence-electron chi connectivity index (χ0n) is 8.96. The average molecular weight is 220 g/mol. The Labute approximate surface area is 89.9 Å². The summed E-state index contributed by atoms with van der Waals surface area (Å²) in [6.07, 6.45) is 2.04. The second kappa shape index (κ2) is 9.82. The van der Waals surface area contributed by atoms with Crippen LogP contribution >= 0.6 is 0 Å². The van der Waals surface area contributed by atoms with E-state index >= 15 is 0 Å². The zero-order chi connectivity index (χ0) is 12.3. The van der Waals surface area contributed by atoms with Gasteiger partial charge in [0.2, 0.25) is 0 Å². The Morgan fingerprint density at radius 2 is 1.60 bits per heavy atom. The van der Waals surface area contributed by atoms with Crippen LogP contribution in [0.3, 0.4) is 0 Å². The van der Waals surface area contributed by atoms with Crippen LogP contribution in [-0.4, -0.2) is 45.7 Å². The fourth-order valence-corrected chi connectivity index (χ4v) is 0.509. The molecule has 1 atom stereocenters. The van der Waals surface area contributed by atoms with Gasteiger partial charge in [-0.1, -0.05) is 19.1 Å². The van der Waals surface area contributed by atoms with Crippen LogP contribution in [0.15, 0.2) is 25.3 Å². The van der Waals surface area contributed by atoms with Crippen LogP contribution in [0.25, 0.3) is 0 Å². The van der Waals surface area contributed by atoms with Gasteiger partial charge in [0.05, 0.1) is 13.2 Å². The molecule has 1 unspecified atom stereocenters. The topological polar surface area (TPSA) is 90.2 Å². The van der Waals surface area contributed by atoms with E-state index in [-0.39, 0.29) is 6.42 Å². The second-order valence-electron chi connectivity index (χ2n) is 2.73. The molecule has 0 saturated heterocycles. The van der Waals surface area contributed by atoms with Crippen molar-refractivity contribution in [2.45, 2.75) is 25.4 Å². The molecule has 5 heteroatoms. The largest absolute Gasteiger partial charge is 0.385 e. The first-order valence-electron chi connectivity index (χ1n) is 4.54. The smallest absolute Gasteiger partial charge is 0.302 e. The number of ether oxygens (including phenoxy) is 1. The van der Waals surface area contributed by atoms with Crippen molar-refractivity contribution in [1.29, 1.82) is 0 Å². The Hall–Kier alpha value is -0.720. The first-order valence-corrected chi connectivity index (χ1v) is 4.54. The van der Waals surface area contributed by atoms with E-state index in [9.17, 15) is 0 Å². The summed E-state index contributed by atoms with van der Waals surface area (Å²) in [5, 5.41) is 32.9. The third-order valence-electron chi connectivity index (χ3n) is 1.31. The average Bonchev–Trinajstić information content (AvgIpc) is 2.17. The van der Waals surface area contributed by atoms with Crippen molar-refractivity contribution in [3.8, 4) is 0 Å². The molecule has 15 heavy (non-hydrogen) atoms. The summed E-state index contributed by atoms with van der Waals surface area (Å²) >= 11 is 0. The van der Waals surface area contributed by atoms with Gasteiger partial charge in [0.1, 0.15) is 6.10 Å². The highest BCUT2D eigenvalue weighted by molar-refractivity contribution is 4.68. The van der Waals surface area contributed by atoms with Gasteiger partial charge in [-0.05, 0) is 6.42 Å². The van der Waals surface area contributed by atoms with E-state index in [0.717, 1.165) is 0 Å². The molecular formula is C10H20O5. The van der Waals surface area contributed by atoms with Crippen LogP contribution in [0.5, 0.6) is 0 Å². The van der Waals surface area contributed by atoms with E-state index < -0.39 is 12.1 Å². The summed E-state index contributed by atoms with van der Waals surface area (Å²) in [5.41, 5.74) is 0. The highest BCUT2D eigenvalue weighted by Gasteiger charge is 2.27. The molecule has 90 valence electrons. The minimum atomic E-state index is -2.94. The molecule has 0 spiro atoms. The van der Waals surface area contributed by atoms with E-state index in [1.807, 2.05) is 0 Å². The lowest BCUT2D eigenvalue weighted by Gasteiger charge is -2.18. The summed E-state index contributed by atoms with van der Waals surface area (Å²) < 4.78 is 4.90. The van der Waals surface area contributed by atoms with Crippen molar-refractivity contribution in [2.75, 3.05) is 13.2 Å². The third kappa shape index (κ3) is 13.3. The van der Waals surface area contributed by atoms with Crippen molar-refractivity contribution in [2.24, 2.45) is 0 Å². The van der Waals surface area contributed by atoms with Crippen LogP contribution in [-0.2, 0) is 4.74 Å². The van der Waals surface area contributed by atoms with Gasteiger partial charge < -0.3 is 25.2 Å². The molecule has 0 saturated carbocycles. The zero-order valence-corrected chi connectivity index (χ0v) is 8.96. The molecule has 0 aromatic rings. The van der Waals surface area contributed by atoms with Crippen molar-refractivity contribution < 1.29 is 25.2 Å². The molecular weight excluding hydrogens is 200 g/mol. The molecule has 0 amide bonds. The van der Waals surface area contributed by atoms with Gasteiger partial charge in [-0.2, -0.15) is 0 Å². The molecule has 0 aliphatic rings. The highest BCUT2D eigenvalue weighted by Crippen LogP contribution is 2.03. The van der Waals surface area contributed by atoms with E-state index in [2.05, 4.69) is 13.2 Å². The Morgan fingerprint density at radius 3 is 1.73 bits per heavy atom. The predicted molar refractivity (Wildman–Crippen MR) is 56.9 cm³/mol. The lowest BCUT2D eigenvalue weighted by Crippen LogP contribution is -2.41. The lowest BCUT2D eigenvalue weighted by atomic mass is 10.2. The summed E-state index contributed by atoms with van der Waals surface area (Å²) in [5.74, 6) is -2.94. The molecule has 5 nitrogen and oxygen atoms in total. The molecule has 0 heterocycles. The maximum Gasteiger partial charge on any atom is 0.302 e. The van der Waals surface area contributed by atoms with Crippen molar-refractivity contribution in [1.82, 2.24) is 0 Å². The van der Waals surface area contributed by atoms with Crippen LogP contribution in [0.4, 0.5) is 0 Å². The minimum absolute atomic E-state index is 0.101. The Bertz CT molecular complexity index is 154. The molecule has 0 radical (unpaired) electrons. The first-order chi connectivity index (χ1) is 6.90. The number of hydrogen-bond acceptors (Lipinski definition) is 5. The first kappa shape index (κ1) is 16.7. The van der Waals surface area contributed by atoms with Gasteiger partial charge in [-0.3, -0.25) is 0 Å². The van der Waals surface area contributed by atoms with Crippen molar-refractivity contribution in [3.63, 3.8) is 0 Å². The Kier molecular flexibility index (Phi) is 10.9. The number of aliphatic hydroxyl groups is 4. The fourth-order valence-electron chi connectivity index (χ4n) is 0.509. The lowest BCUT2D eigenvalue weighted by molar-refractivity contribution is -0.354. The fraction of sp³-hybridized carbons (Fsp3) is 0.600. The summed E-state index contributed by atoms with van der Waals surface area (Å²) in [6.45, 7) is 9.70. The predicted octanol–water partition coefficient (Wildman–Crippen LogP) is -0.237. The maximum absolute atomic E-state index is 8.44. The normalized spacial score (nSPS) is 12.3. The summed E-state index contributed by atoms with van der Waals surface area (Å²) in [7, 11) is 0. The molecule has 0 aliphatic heterocycles. The van der Waals surface area contributed by atoms with Gasteiger partial charge in [-0.25, -0.2) is 0 Å². The summed E-state index contributed by atoms with van der Waals surface area (Å²) in [4.78, 5) is 0. The maximum atomic E-state index is 8.44.